The highest BCUT2D eigenvalue weighted by molar-refractivity contribution is 7.99. The Bertz CT molecular complexity index is 728. The molecule has 112 valence electrons. The van der Waals surface area contributed by atoms with E-state index >= 15 is 0 Å². The van der Waals surface area contributed by atoms with Gasteiger partial charge in [0, 0.05) is 29.7 Å². The quantitative estimate of drug-likeness (QED) is 0.940. The summed E-state index contributed by atoms with van der Waals surface area (Å²) in [4.78, 5) is 4.58. The van der Waals surface area contributed by atoms with E-state index in [1.54, 1.807) is 37.7 Å². The monoisotopic (exact) mass is 323 g/mol. The van der Waals surface area contributed by atoms with Crippen molar-refractivity contribution in [1.29, 1.82) is 0 Å². The maximum atomic E-state index is 11.8. The largest absolute Gasteiger partial charge is 0.325 e. The molecule has 0 radical (unpaired) electrons. The molecule has 1 aromatic carbocycles. The van der Waals surface area contributed by atoms with Gasteiger partial charge in [-0.3, -0.25) is 4.72 Å². The number of benzene rings is 1. The molecule has 0 aliphatic carbocycles. The van der Waals surface area contributed by atoms with Gasteiger partial charge in [-0.05, 0) is 26.0 Å². The maximum Gasteiger partial charge on any atom is 0.235 e. The average molecular weight is 323 g/mol. The Labute approximate surface area is 128 Å². The van der Waals surface area contributed by atoms with Crippen LogP contribution in [0.4, 0.5) is 5.69 Å². The third kappa shape index (κ3) is 2.94. The van der Waals surface area contributed by atoms with Gasteiger partial charge in [-0.1, -0.05) is 23.9 Å². The number of hydrogen-bond acceptors (Lipinski definition) is 4. The molecule has 1 aliphatic rings. The first kappa shape index (κ1) is 14.5. The lowest BCUT2D eigenvalue weighted by Crippen LogP contribution is -2.22. The number of sulfonamides is 1. The molecule has 0 saturated carbocycles. The normalized spacial score (nSPS) is 14.4. The van der Waals surface area contributed by atoms with Crippen molar-refractivity contribution >= 4 is 27.5 Å². The van der Waals surface area contributed by atoms with Gasteiger partial charge >= 0.3 is 0 Å². The molecule has 2 heterocycles. The Hall–Kier alpha value is -1.47. The maximum absolute atomic E-state index is 11.8. The smallest absolute Gasteiger partial charge is 0.235 e. The highest BCUT2D eigenvalue weighted by Gasteiger charge is 2.17. The summed E-state index contributed by atoms with van der Waals surface area (Å²) in [6.45, 7) is 4.31. The van der Waals surface area contributed by atoms with E-state index in [0.717, 1.165) is 28.7 Å². The third-order valence-electron chi connectivity index (χ3n) is 3.36. The molecule has 1 aromatic heterocycles. The van der Waals surface area contributed by atoms with E-state index in [4.69, 9.17) is 0 Å². The molecule has 1 N–H and O–H groups in total. The molecular weight excluding hydrogens is 306 g/mol. The van der Waals surface area contributed by atoms with Crippen LogP contribution in [0.2, 0.25) is 0 Å². The van der Waals surface area contributed by atoms with E-state index in [0.29, 0.717) is 5.69 Å². The average Bonchev–Trinajstić information content (AvgIpc) is 2.99. The first-order chi connectivity index (χ1) is 9.95. The van der Waals surface area contributed by atoms with Crippen molar-refractivity contribution in [1.82, 2.24) is 9.55 Å². The summed E-state index contributed by atoms with van der Waals surface area (Å²) in [5.41, 5.74) is 2.49. The molecule has 1 aliphatic heterocycles. The highest BCUT2D eigenvalue weighted by Crippen LogP contribution is 2.29. The number of imidazole rings is 1. The van der Waals surface area contributed by atoms with Crippen LogP contribution in [0.1, 0.15) is 13.8 Å². The molecule has 0 unspecified atom stereocenters. The first-order valence-electron chi connectivity index (χ1n) is 6.78. The minimum Gasteiger partial charge on any atom is -0.325 e. The Balaban J connectivity index is 1.81. The number of hydrogen-bond donors (Lipinski definition) is 1. The van der Waals surface area contributed by atoms with Crippen LogP contribution in [-0.4, -0.2) is 29.0 Å². The van der Waals surface area contributed by atoms with E-state index in [1.807, 2.05) is 18.3 Å². The molecular formula is C14H17N3O2S2. The van der Waals surface area contributed by atoms with Crippen molar-refractivity contribution in [3.8, 4) is 11.3 Å². The zero-order chi connectivity index (χ0) is 15.0. The van der Waals surface area contributed by atoms with Crippen LogP contribution in [0.5, 0.6) is 0 Å². The van der Waals surface area contributed by atoms with Gasteiger partial charge in [-0.2, -0.15) is 0 Å². The molecule has 0 saturated heterocycles. The fraction of sp³-hybridized carbons (Fsp3) is 0.357. The van der Waals surface area contributed by atoms with Crippen LogP contribution in [0, 0.1) is 0 Å². The molecule has 0 bridgehead atoms. The highest BCUT2D eigenvalue weighted by atomic mass is 32.2. The van der Waals surface area contributed by atoms with Gasteiger partial charge in [0.1, 0.15) is 0 Å². The Morgan fingerprint density at radius 1 is 1.29 bits per heavy atom. The lowest BCUT2D eigenvalue weighted by molar-refractivity contribution is 0.593. The summed E-state index contributed by atoms with van der Waals surface area (Å²) >= 11 is 1.76. The van der Waals surface area contributed by atoms with E-state index < -0.39 is 15.3 Å². The SMILES string of the molecule is CC(C)S(=O)(=O)Nc1ccc(-c2cn3c(n2)SCC3)cc1. The zero-order valence-electron chi connectivity index (χ0n) is 11.9. The number of aryl methyl sites for hydroxylation is 1. The van der Waals surface area contributed by atoms with Gasteiger partial charge < -0.3 is 4.57 Å². The summed E-state index contributed by atoms with van der Waals surface area (Å²) < 4.78 is 28.4. The van der Waals surface area contributed by atoms with Gasteiger partial charge in [-0.25, -0.2) is 13.4 Å². The van der Waals surface area contributed by atoms with Crippen LogP contribution in [0.25, 0.3) is 11.3 Å². The number of rotatable bonds is 4. The Kier molecular flexibility index (Phi) is 3.71. The van der Waals surface area contributed by atoms with Crippen LogP contribution < -0.4 is 4.72 Å². The van der Waals surface area contributed by atoms with Crippen LogP contribution in [-0.2, 0) is 16.6 Å². The van der Waals surface area contributed by atoms with Gasteiger partial charge in [0.2, 0.25) is 10.0 Å². The molecule has 21 heavy (non-hydrogen) atoms. The first-order valence-corrected chi connectivity index (χ1v) is 9.31. The van der Waals surface area contributed by atoms with Gasteiger partial charge in [0.15, 0.2) is 5.16 Å². The second-order valence-corrected chi connectivity index (χ2v) is 8.52. The van der Waals surface area contributed by atoms with Crippen LogP contribution in [0.3, 0.4) is 0 Å². The van der Waals surface area contributed by atoms with Crippen molar-refractivity contribution in [2.75, 3.05) is 10.5 Å². The van der Waals surface area contributed by atoms with Gasteiger partial charge in [-0.15, -0.1) is 0 Å². The van der Waals surface area contributed by atoms with Gasteiger partial charge in [0.05, 0.1) is 10.9 Å². The van der Waals surface area contributed by atoms with Crippen LogP contribution in [0.15, 0.2) is 35.6 Å². The van der Waals surface area contributed by atoms with Crippen molar-refractivity contribution in [2.24, 2.45) is 0 Å². The van der Waals surface area contributed by atoms with Crippen molar-refractivity contribution in [3.63, 3.8) is 0 Å². The second kappa shape index (κ2) is 5.38. The van der Waals surface area contributed by atoms with Crippen LogP contribution >= 0.6 is 11.8 Å². The van der Waals surface area contributed by atoms with Crippen molar-refractivity contribution in [2.45, 2.75) is 30.8 Å². The van der Waals surface area contributed by atoms with E-state index in [9.17, 15) is 8.42 Å². The Morgan fingerprint density at radius 3 is 2.62 bits per heavy atom. The lowest BCUT2D eigenvalue weighted by Gasteiger charge is -2.10. The molecule has 0 spiro atoms. The molecule has 0 fully saturated rings. The number of nitrogens with zero attached hydrogens (tertiary/aromatic N) is 2. The molecule has 7 heteroatoms. The predicted octanol–water partition coefficient (Wildman–Crippen LogP) is 2.81. The fourth-order valence-electron chi connectivity index (χ4n) is 2.04. The fourth-order valence-corrected chi connectivity index (χ4v) is 3.68. The molecule has 5 nitrogen and oxygen atoms in total. The summed E-state index contributed by atoms with van der Waals surface area (Å²) in [6.07, 6.45) is 2.04. The summed E-state index contributed by atoms with van der Waals surface area (Å²) in [5, 5.41) is 0.597. The number of nitrogens with one attached hydrogen (secondary N) is 1. The molecule has 0 amide bonds. The lowest BCUT2D eigenvalue weighted by atomic mass is 10.1. The molecule has 3 rings (SSSR count). The van der Waals surface area contributed by atoms with Crippen molar-refractivity contribution < 1.29 is 8.42 Å². The Morgan fingerprint density at radius 2 is 2.00 bits per heavy atom. The number of fused-ring (bicyclic) bond motifs is 1. The number of aromatic nitrogens is 2. The van der Waals surface area contributed by atoms with E-state index in [-0.39, 0.29) is 0 Å². The summed E-state index contributed by atoms with van der Waals surface area (Å²) in [5.74, 6) is 1.08. The standard InChI is InChI=1S/C14H17N3O2S2/c1-10(2)21(18,19)16-12-5-3-11(4-6-12)13-9-17-7-8-20-14(17)15-13/h3-6,9-10,16H,7-8H2,1-2H3. The summed E-state index contributed by atoms with van der Waals surface area (Å²) in [6, 6.07) is 7.32. The van der Waals surface area contributed by atoms with Gasteiger partial charge in [0.25, 0.3) is 0 Å². The summed E-state index contributed by atoms with van der Waals surface area (Å²) in [7, 11) is -3.30. The predicted molar refractivity (Wildman–Crippen MR) is 86.1 cm³/mol. The topological polar surface area (TPSA) is 64.0 Å². The van der Waals surface area contributed by atoms with E-state index in [1.165, 1.54) is 0 Å². The minimum absolute atomic E-state index is 0.453. The molecule has 0 atom stereocenters. The third-order valence-corrected chi connectivity index (χ3v) is 6.10. The second-order valence-electron chi connectivity index (χ2n) is 5.22. The number of anilines is 1. The molecule has 2 aromatic rings. The minimum atomic E-state index is -3.30. The number of thioether (sulfide) groups is 1. The van der Waals surface area contributed by atoms with E-state index in [2.05, 4.69) is 14.3 Å². The zero-order valence-corrected chi connectivity index (χ0v) is 13.5. The van der Waals surface area contributed by atoms with Crippen molar-refractivity contribution in [3.05, 3.63) is 30.5 Å².